The molecule has 0 aliphatic carbocycles. The van der Waals surface area contributed by atoms with Gasteiger partial charge in [-0.2, -0.15) is 0 Å². The van der Waals surface area contributed by atoms with Crippen LogP contribution in [0.25, 0.3) is 0 Å². The first-order valence-electron chi connectivity index (χ1n) is 5.38. The Morgan fingerprint density at radius 2 is 2.06 bits per heavy atom. The summed E-state index contributed by atoms with van der Waals surface area (Å²) < 4.78 is 36.1. The SMILES string of the molecule is CCCNC(=O)c1cc(F)c(C)c(S(N)(=O)=O)c1. The van der Waals surface area contributed by atoms with Crippen molar-refractivity contribution in [3.8, 4) is 0 Å². The highest BCUT2D eigenvalue weighted by Crippen LogP contribution is 2.19. The number of nitrogens with two attached hydrogens (primary N) is 1. The second-order valence-corrected chi connectivity index (χ2v) is 5.41. The average Bonchev–Trinajstić information content (AvgIpc) is 2.27. The standard InChI is InChI=1S/C11H15FN2O3S/c1-3-4-14-11(15)8-5-9(12)7(2)10(6-8)18(13,16)17/h5-6H,3-4H2,1-2H3,(H,14,15)(H2,13,16,17). The lowest BCUT2D eigenvalue weighted by atomic mass is 10.1. The van der Waals surface area contributed by atoms with E-state index in [1.165, 1.54) is 6.92 Å². The summed E-state index contributed by atoms with van der Waals surface area (Å²) >= 11 is 0. The Labute approximate surface area is 105 Å². The normalized spacial score (nSPS) is 11.3. The van der Waals surface area contributed by atoms with Crippen LogP contribution in [0.1, 0.15) is 29.3 Å². The summed E-state index contributed by atoms with van der Waals surface area (Å²) in [5.41, 5.74) is -0.153. The summed E-state index contributed by atoms with van der Waals surface area (Å²) in [4.78, 5) is 11.3. The number of nitrogens with one attached hydrogen (secondary N) is 1. The zero-order chi connectivity index (χ0) is 13.9. The van der Waals surface area contributed by atoms with E-state index >= 15 is 0 Å². The predicted octanol–water partition coefficient (Wildman–Crippen LogP) is 0.921. The fourth-order valence-electron chi connectivity index (χ4n) is 1.42. The van der Waals surface area contributed by atoms with Gasteiger partial charge in [-0.05, 0) is 25.5 Å². The molecule has 0 aliphatic heterocycles. The van der Waals surface area contributed by atoms with Gasteiger partial charge in [-0.25, -0.2) is 17.9 Å². The van der Waals surface area contributed by atoms with Crippen molar-refractivity contribution in [1.29, 1.82) is 0 Å². The number of carbonyl (C=O) groups is 1. The topological polar surface area (TPSA) is 89.3 Å². The van der Waals surface area contributed by atoms with Crippen LogP contribution in [0.5, 0.6) is 0 Å². The van der Waals surface area contributed by atoms with Gasteiger partial charge in [0, 0.05) is 17.7 Å². The minimum Gasteiger partial charge on any atom is -0.352 e. The lowest BCUT2D eigenvalue weighted by Gasteiger charge is -2.09. The molecule has 0 aromatic heterocycles. The van der Waals surface area contributed by atoms with Crippen LogP contribution in [0.15, 0.2) is 17.0 Å². The molecule has 0 heterocycles. The summed E-state index contributed by atoms with van der Waals surface area (Å²) in [5, 5.41) is 7.50. The van der Waals surface area contributed by atoms with Crippen LogP contribution in [0, 0.1) is 12.7 Å². The van der Waals surface area contributed by atoms with Gasteiger partial charge in [-0.3, -0.25) is 4.79 Å². The Hall–Kier alpha value is -1.47. The first-order chi connectivity index (χ1) is 8.27. The molecule has 0 atom stereocenters. The maximum Gasteiger partial charge on any atom is 0.251 e. The number of hydrogen-bond donors (Lipinski definition) is 2. The molecule has 3 N–H and O–H groups in total. The molecule has 0 aliphatic rings. The van der Waals surface area contributed by atoms with Crippen molar-refractivity contribution < 1.29 is 17.6 Å². The van der Waals surface area contributed by atoms with Crippen molar-refractivity contribution >= 4 is 15.9 Å². The zero-order valence-electron chi connectivity index (χ0n) is 10.2. The van der Waals surface area contributed by atoms with E-state index in [0.29, 0.717) is 6.54 Å². The third-order valence-corrected chi connectivity index (χ3v) is 3.44. The van der Waals surface area contributed by atoms with Crippen molar-refractivity contribution in [2.24, 2.45) is 5.14 Å². The molecule has 0 bridgehead atoms. The minimum absolute atomic E-state index is 0.0597. The number of hydrogen-bond acceptors (Lipinski definition) is 3. The number of halogens is 1. The summed E-state index contributed by atoms with van der Waals surface area (Å²) in [6, 6.07) is 2.08. The molecule has 1 aromatic carbocycles. The molecule has 0 spiro atoms. The summed E-state index contributed by atoms with van der Waals surface area (Å²) in [6.45, 7) is 3.59. The summed E-state index contributed by atoms with van der Waals surface area (Å²) in [6.07, 6.45) is 0.724. The largest absolute Gasteiger partial charge is 0.352 e. The Bertz CT molecular complexity index is 570. The van der Waals surface area contributed by atoms with Crippen LogP contribution < -0.4 is 10.5 Å². The van der Waals surface area contributed by atoms with Crippen molar-refractivity contribution in [1.82, 2.24) is 5.32 Å². The van der Waals surface area contributed by atoms with Gasteiger partial charge in [-0.1, -0.05) is 6.92 Å². The van der Waals surface area contributed by atoms with E-state index in [1.54, 1.807) is 0 Å². The molecule has 18 heavy (non-hydrogen) atoms. The predicted molar refractivity (Wildman–Crippen MR) is 65.1 cm³/mol. The van der Waals surface area contributed by atoms with E-state index in [9.17, 15) is 17.6 Å². The quantitative estimate of drug-likeness (QED) is 0.855. The Morgan fingerprint density at radius 3 is 2.56 bits per heavy atom. The average molecular weight is 274 g/mol. The summed E-state index contributed by atoms with van der Waals surface area (Å²) in [7, 11) is -4.05. The molecule has 0 unspecified atom stereocenters. The third-order valence-electron chi connectivity index (χ3n) is 2.40. The third kappa shape index (κ3) is 3.27. The number of primary sulfonamides is 1. The molecule has 0 saturated heterocycles. The molecule has 5 nitrogen and oxygen atoms in total. The van der Waals surface area contributed by atoms with E-state index in [-0.39, 0.29) is 16.0 Å². The smallest absolute Gasteiger partial charge is 0.251 e. The maximum absolute atomic E-state index is 13.6. The highest BCUT2D eigenvalue weighted by Gasteiger charge is 2.18. The number of amides is 1. The fraction of sp³-hybridized carbons (Fsp3) is 0.364. The van der Waals surface area contributed by atoms with Gasteiger partial charge in [0.1, 0.15) is 5.82 Å². The molecular formula is C11H15FN2O3S. The van der Waals surface area contributed by atoms with E-state index in [2.05, 4.69) is 5.32 Å². The van der Waals surface area contributed by atoms with Crippen molar-refractivity contribution in [2.45, 2.75) is 25.2 Å². The molecule has 0 fully saturated rings. The Morgan fingerprint density at radius 1 is 1.44 bits per heavy atom. The van der Waals surface area contributed by atoms with Crippen LogP contribution in [-0.4, -0.2) is 20.9 Å². The van der Waals surface area contributed by atoms with Gasteiger partial charge < -0.3 is 5.32 Å². The molecule has 1 amide bonds. The molecule has 1 aromatic rings. The molecular weight excluding hydrogens is 259 g/mol. The Kier molecular flexibility index (Phi) is 4.42. The van der Waals surface area contributed by atoms with Gasteiger partial charge in [0.2, 0.25) is 10.0 Å². The van der Waals surface area contributed by atoms with Crippen LogP contribution in [-0.2, 0) is 10.0 Å². The minimum atomic E-state index is -4.05. The van der Waals surface area contributed by atoms with E-state index in [1.807, 2.05) is 6.92 Å². The lowest BCUT2D eigenvalue weighted by Crippen LogP contribution is -2.25. The molecule has 0 radical (unpaired) electrons. The van der Waals surface area contributed by atoms with Crippen molar-refractivity contribution in [2.75, 3.05) is 6.54 Å². The molecule has 7 heteroatoms. The van der Waals surface area contributed by atoms with Gasteiger partial charge in [0.15, 0.2) is 0 Å². The van der Waals surface area contributed by atoms with Gasteiger partial charge in [0.25, 0.3) is 5.91 Å². The monoisotopic (exact) mass is 274 g/mol. The van der Waals surface area contributed by atoms with Gasteiger partial charge in [0.05, 0.1) is 4.90 Å². The second kappa shape index (κ2) is 5.45. The van der Waals surface area contributed by atoms with Crippen molar-refractivity contribution in [3.63, 3.8) is 0 Å². The highest BCUT2D eigenvalue weighted by atomic mass is 32.2. The lowest BCUT2D eigenvalue weighted by molar-refractivity contribution is 0.0953. The first kappa shape index (κ1) is 14.6. The second-order valence-electron chi connectivity index (χ2n) is 3.88. The number of sulfonamides is 1. The molecule has 0 saturated carbocycles. The van der Waals surface area contributed by atoms with Gasteiger partial charge in [-0.15, -0.1) is 0 Å². The van der Waals surface area contributed by atoms with E-state index in [0.717, 1.165) is 18.6 Å². The molecule has 100 valence electrons. The van der Waals surface area contributed by atoms with Crippen LogP contribution in [0.2, 0.25) is 0 Å². The highest BCUT2D eigenvalue weighted by molar-refractivity contribution is 7.89. The van der Waals surface area contributed by atoms with Crippen LogP contribution in [0.3, 0.4) is 0 Å². The number of carbonyl (C=O) groups excluding carboxylic acids is 1. The molecule has 1 rings (SSSR count). The number of benzene rings is 1. The van der Waals surface area contributed by atoms with E-state index < -0.39 is 21.7 Å². The fourth-order valence-corrected chi connectivity index (χ4v) is 2.24. The van der Waals surface area contributed by atoms with Crippen LogP contribution in [0.4, 0.5) is 4.39 Å². The number of rotatable bonds is 4. The first-order valence-corrected chi connectivity index (χ1v) is 6.93. The van der Waals surface area contributed by atoms with E-state index in [4.69, 9.17) is 5.14 Å². The zero-order valence-corrected chi connectivity index (χ0v) is 11.0. The van der Waals surface area contributed by atoms with Gasteiger partial charge >= 0.3 is 0 Å². The Balaban J connectivity index is 3.25. The summed E-state index contributed by atoms with van der Waals surface area (Å²) in [5.74, 6) is -1.30. The van der Waals surface area contributed by atoms with Crippen molar-refractivity contribution in [3.05, 3.63) is 29.1 Å². The maximum atomic E-state index is 13.6. The van der Waals surface area contributed by atoms with Crippen LogP contribution >= 0.6 is 0 Å².